The summed E-state index contributed by atoms with van der Waals surface area (Å²) in [6.07, 6.45) is -4.27. The number of hydrogen-bond acceptors (Lipinski definition) is 1. The Morgan fingerprint density at radius 2 is 1.61 bits per heavy atom. The maximum absolute atomic E-state index is 12.5. The van der Waals surface area contributed by atoms with Gasteiger partial charge in [0.15, 0.2) is 0 Å². The molecule has 0 aliphatic heterocycles. The molecule has 2 N–H and O–H groups in total. The summed E-state index contributed by atoms with van der Waals surface area (Å²) in [7, 11) is 0. The molecule has 1 aromatic carbocycles. The van der Waals surface area contributed by atoms with Crippen molar-refractivity contribution in [2.75, 3.05) is 0 Å². The van der Waals surface area contributed by atoms with Crippen LogP contribution in [0, 0.1) is 11.3 Å². The van der Waals surface area contributed by atoms with Gasteiger partial charge >= 0.3 is 6.18 Å². The summed E-state index contributed by atoms with van der Waals surface area (Å²) < 4.78 is 37.4. The fourth-order valence-electron chi connectivity index (χ4n) is 2.86. The standard InChI is InChI=1S/C14H18F3N/c1-8(11-12(18)13(11,2)3)9-4-6-10(7-5-9)14(15,16)17/h4-8,11-12H,18H2,1-3H3/t8?,11-,12-/m1/s1. The molecule has 1 nitrogen and oxygen atoms in total. The van der Waals surface area contributed by atoms with Gasteiger partial charge in [-0.2, -0.15) is 13.2 Å². The summed E-state index contributed by atoms with van der Waals surface area (Å²) in [6, 6.07) is 5.55. The molecule has 0 radical (unpaired) electrons. The molecule has 2 rings (SSSR count). The first kappa shape index (κ1) is 13.4. The molecule has 0 aromatic heterocycles. The third-order valence-corrected chi connectivity index (χ3v) is 4.30. The largest absolute Gasteiger partial charge is 0.416 e. The number of rotatable bonds is 2. The molecule has 1 aliphatic rings. The lowest BCUT2D eigenvalue weighted by Crippen LogP contribution is -2.09. The number of halogens is 3. The van der Waals surface area contributed by atoms with E-state index in [-0.39, 0.29) is 17.4 Å². The summed E-state index contributed by atoms with van der Waals surface area (Å²) in [5.74, 6) is 0.534. The molecule has 0 saturated heterocycles. The zero-order chi connectivity index (χ0) is 13.7. The molecule has 1 unspecified atom stereocenters. The fourth-order valence-corrected chi connectivity index (χ4v) is 2.86. The van der Waals surface area contributed by atoms with E-state index in [0.29, 0.717) is 5.92 Å². The van der Waals surface area contributed by atoms with E-state index in [9.17, 15) is 13.2 Å². The quantitative estimate of drug-likeness (QED) is 0.857. The van der Waals surface area contributed by atoms with Gasteiger partial charge in [0.2, 0.25) is 0 Å². The highest BCUT2D eigenvalue weighted by molar-refractivity contribution is 5.30. The number of benzene rings is 1. The first-order chi connectivity index (χ1) is 8.15. The van der Waals surface area contributed by atoms with Crippen molar-refractivity contribution in [2.45, 2.75) is 38.9 Å². The second kappa shape index (κ2) is 3.98. The van der Waals surface area contributed by atoms with E-state index >= 15 is 0 Å². The topological polar surface area (TPSA) is 26.0 Å². The molecule has 4 heteroatoms. The zero-order valence-electron chi connectivity index (χ0n) is 10.8. The van der Waals surface area contributed by atoms with Gasteiger partial charge in [0.1, 0.15) is 0 Å². The minimum atomic E-state index is -4.27. The van der Waals surface area contributed by atoms with Crippen molar-refractivity contribution >= 4 is 0 Å². The Labute approximate surface area is 105 Å². The van der Waals surface area contributed by atoms with Crippen molar-refractivity contribution < 1.29 is 13.2 Å². The van der Waals surface area contributed by atoms with Gasteiger partial charge in [-0.3, -0.25) is 0 Å². The van der Waals surface area contributed by atoms with E-state index < -0.39 is 11.7 Å². The molecular weight excluding hydrogens is 239 g/mol. The number of hydrogen-bond donors (Lipinski definition) is 1. The maximum Gasteiger partial charge on any atom is 0.416 e. The molecule has 3 atom stereocenters. The Bertz CT molecular complexity index is 433. The van der Waals surface area contributed by atoms with Gasteiger partial charge in [-0.15, -0.1) is 0 Å². The Balaban J connectivity index is 2.16. The monoisotopic (exact) mass is 257 g/mol. The van der Waals surface area contributed by atoms with Crippen LogP contribution < -0.4 is 5.73 Å². The van der Waals surface area contributed by atoms with Crippen LogP contribution in [0.4, 0.5) is 13.2 Å². The van der Waals surface area contributed by atoms with Crippen LogP contribution in [0.2, 0.25) is 0 Å². The van der Waals surface area contributed by atoms with E-state index in [1.54, 1.807) is 12.1 Å². The van der Waals surface area contributed by atoms with Crippen LogP contribution in [0.5, 0.6) is 0 Å². The molecule has 0 heterocycles. The van der Waals surface area contributed by atoms with E-state index in [1.165, 1.54) is 0 Å². The van der Waals surface area contributed by atoms with Crippen LogP contribution in [0.1, 0.15) is 37.8 Å². The highest BCUT2D eigenvalue weighted by atomic mass is 19.4. The lowest BCUT2D eigenvalue weighted by Gasteiger charge is -2.14. The van der Waals surface area contributed by atoms with E-state index in [0.717, 1.165) is 17.7 Å². The van der Waals surface area contributed by atoms with Gasteiger partial charge < -0.3 is 5.73 Å². The summed E-state index contributed by atoms with van der Waals surface area (Å²) in [6.45, 7) is 6.23. The molecule has 0 spiro atoms. The highest BCUT2D eigenvalue weighted by Crippen LogP contribution is 2.57. The lowest BCUT2D eigenvalue weighted by molar-refractivity contribution is -0.137. The van der Waals surface area contributed by atoms with Gasteiger partial charge in [0.05, 0.1) is 5.56 Å². The average molecular weight is 257 g/mol. The Morgan fingerprint density at radius 3 is 1.94 bits per heavy atom. The van der Waals surface area contributed by atoms with Gasteiger partial charge in [0, 0.05) is 6.04 Å². The first-order valence-electron chi connectivity index (χ1n) is 6.08. The van der Waals surface area contributed by atoms with Gasteiger partial charge in [-0.25, -0.2) is 0 Å². The van der Waals surface area contributed by atoms with Crippen molar-refractivity contribution in [3.8, 4) is 0 Å². The summed E-state index contributed by atoms with van der Waals surface area (Å²) in [4.78, 5) is 0. The lowest BCUT2D eigenvalue weighted by atomic mass is 9.91. The van der Waals surface area contributed by atoms with E-state index in [2.05, 4.69) is 13.8 Å². The van der Waals surface area contributed by atoms with Crippen molar-refractivity contribution in [1.29, 1.82) is 0 Å². The SMILES string of the molecule is CC(c1ccc(C(F)(F)F)cc1)[C@@H]1[C@@H](N)C1(C)C. The average Bonchev–Trinajstić information content (AvgIpc) is 2.76. The van der Waals surface area contributed by atoms with E-state index in [4.69, 9.17) is 5.73 Å². The molecule has 1 saturated carbocycles. The van der Waals surface area contributed by atoms with Crippen molar-refractivity contribution in [1.82, 2.24) is 0 Å². The molecule has 0 amide bonds. The van der Waals surface area contributed by atoms with Crippen LogP contribution in [0.15, 0.2) is 24.3 Å². The smallest absolute Gasteiger partial charge is 0.327 e. The van der Waals surface area contributed by atoms with Crippen LogP contribution in [0.3, 0.4) is 0 Å². The fraction of sp³-hybridized carbons (Fsp3) is 0.571. The summed E-state index contributed by atoms with van der Waals surface area (Å²) >= 11 is 0. The Kier molecular flexibility index (Phi) is 2.97. The number of alkyl halides is 3. The molecular formula is C14H18F3N. The van der Waals surface area contributed by atoms with Crippen molar-refractivity contribution in [3.63, 3.8) is 0 Å². The molecule has 18 heavy (non-hydrogen) atoms. The second-order valence-corrected chi connectivity index (χ2v) is 5.78. The Hall–Kier alpha value is -1.03. The van der Waals surface area contributed by atoms with Crippen LogP contribution in [-0.4, -0.2) is 6.04 Å². The zero-order valence-corrected chi connectivity index (χ0v) is 10.8. The number of nitrogens with two attached hydrogens (primary N) is 1. The predicted molar refractivity (Wildman–Crippen MR) is 65.1 cm³/mol. The molecule has 1 aliphatic carbocycles. The second-order valence-electron chi connectivity index (χ2n) is 5.78. The first-order valence-corrected chi connectivity index (χ1v) is 6.08. The van der Waals surface area contributed by atoms with Crippen LogP contribution in [-0.2, 0) is 6.18 Å². The third kappa shape index (κ3) is 2.14. The minimum Gasteiger partial charge on any atom is -0.327 e. The predicted octanol–water partition coefficient (Wildman–Crippen LogP) is 3.79. The summed E-state index contributed by atoms with van der Waals surface area (Å²) in [5, 5.41) is 0. The molecule has 1 aromatic rings. The minimum absolute atomic E-state index is 0.0854. The van der Waals surface area contributed by atoms with Gasteiger partial charge in [-0.1, -0.05) is 32.9 Å². The van der Waals surface area contributed by atoms with Crippen molar-refractivity contribution in [3.05, 3.63) is 35.4 Å². The molecule has 0 bridgehead atoms. The molecule has 100 valence electrons. The maximum atomic E-state index is 12.5. The molecule has 1 fully saturated rings. The van der Waals surface area contributed by atoms with Crippen molar-refractivity contribution in [2.24, 2.45) is 17.1 Å². The van der Waals surface area contributed by atoms with E-state index in [1.807, 2.05) is 6.92 Å². The van der Waals surface area contributed by atoms with Crippen LogP contribution in [0.25, 0.3) is 0 Å². The third-order valence-electron chi connectivity index (χ3n) is 4.30. The Morgan fingerprint density at radius 1 is 1.17 bits per heavy atom. The normalized spacial score (nSPS) is 27.9. The highest BCUT2D eigenvalue weighted by Gasteiger charge is 2.57. The van der Waals surface area contributed by atoms with Crippen LogP contribution >= 0.6 is 0 Å². The van der Waals surface area contributed by atoms with Gasteiger partial charge in [-0.05, 0) is 34.9 Å². The van der Waals surface area contributed by atoms with Gasteiger partial charge in [0.25, 0.3) is 0 Å². The summed E-state index contributed by atoms with van der Waals surface area (Å²) in [5.41, 5.74) is 6.41.